The molecule has 3 rings (SSSR count). The highest BCUT2D eigenvalue weighted by Gasteiger charge is 2.49. The van der Waals surface area contributed by atoms with Gasteiger partial charge in [-0.1, -0.05) is 26.3 Å². The van der Waals surface area contributed by atoms with Gasteiger partial charge in [-0.05, 0) is 44.4 Å². The molecule has 2 aliphatic rings. The number of carbonyl (C=O) groups excluding carboxylic acids is 2. The lowest BCUT2D eigenvalue weighted by Crippen LogP contribution is -2.43. The molecule has 0 aliphatic carbocycles. The molecular weight excluding hydrogens is 504 g/mol. The maximum atomic E-state index is 12.3. The molecular formula is C27H40N6O6. The molecule has 4 unspecified atom stereocenters. The second-order valence-electron chi connectivity index (χ2n) is 10.2. The molecule has 2 amide bonds. The zero-order valence-electron chi connectivity index (χ0n) is 23.1. The second-order valence-corrected chi connectivity index (χ2v) is 10.2. The summed E-state index contributed by atoms with van der Waals surface area (Å²) in [6, 6.07) is 0. The van der Waals surface area contributed by atoms with Gasteiger partial charge < -0.3 is 40.5 Å². The maximum absolute atomic E-state index is 12.3. The highest BCUT2D eigenvalue weighted by Crippen LogP contribution is 2.31. The number of aliphatic hydroxyl groups excluding tert-OH is 2. The summed E-state index contributed by atoms with van der Waals surface area (Å²) < 4.78 is 11.0. The Labute approximate surface area is 229 Å². The number of hydrogen-bond acceptors (Lipinski definition) is 10. The van der Waals surface area contributed by atoms with Crippen LogP contribution in [-0.2, 0) is 14.3 Å². The Kier molecular flexibility index (Phi) is 10.5. The number of likely N-dealkylation sites (N-methyl/N-ethyl adjacent to an activating group) is 1. The van der Waals surface area contributed by atoms with E-state index in [0.717, 1.165) is 12.8 Å². The standard InChI is InChI=1S/C27H40N6O6/c1-6-29-25(36)22-20(34)21(35)26(39-22)33(7-2)24-17(5)23(28)30-19(31-24)10-8-9-18-11-13-32(14-12-18)27(37)38-15-16(3)4/h7,16,18,20-22,26,34-35H,2,6,9,11-15H2,1,3-5H3,(H,29,36)(H2,28,30,31). The number of nitrogens with one attached hydrogen (secondary N) is 1. The lowest BCUT2D eigenvalue weighted by molar-refractivity contribution is -0.135. The second kappa shape index (κ2) is 13.6. The van der Waals surface area contributed by atoms with Crippen molar-refractivity contribution in [3.05, 3.63) is 24.2 Å². The van der Waals surface area contributed by atoms with E-state index in [1.807, 2.05) is 13.8 Å². The minimum absolute atomic E-state index is 0.183. The summed E-state index contributed by atoms with van der Waals surface area (Å²) in [4.78, 5) is 36.4. The van der Waals surface area contributed by atoms with E-state index in [0.29, 0.717) is 55.9 Å². The number of aliphatic hydroxyl groups is 2. The van der Waals surface area contributed by atoms with Crippen LogP contribution in [0.3, 0.4) is 0 Å². The number of carbonyl (C=O) groups is 2. The van der Waals surface area contributed by atoms with Crippen molar-refractivity contribution >= 4 is 23.6 Å². The Balaban J connectivity index is 1.68. The van der Waals surface area contributed by atoms with Gasteiger partial charge in [0.2, 0.25) is 5.82 Å². The molecule has 12 heteroatoms. The monoisotopic (exact) mass is 544 g/mol. The smallest absolute Gasteiger partial charge is 0.409 e. The molecule has 5 N–H and O–H groups in total. The van der Waals surface area contributed by atoms with E-state index in [-0.39, 0.29) is 17.7 Å². The van der Waals surface area contributed by atoms with Crippen molar-refractivity contribution in [2.75, 3.05) is 36.9 Å². The molecule has 0 aromatic carbocycles. The molecule has 0 spiro atoms. The van der Waals surface area contributed by atoms with Crippen molar-refractivity contribution < 1.29 is 29.3 Å². The molecule has 0 saturated carbocycles. The fourth-order valence-corrected chi connectivity index (χ4v) is 4.44. The molecule has 1 aromatic heterocycles. The van der Waals surface area contributed by atoms with Crippen molar-refractivity contribution in [2.45, 2.75) is 71.5 Å². The Morgan fingerprint density at radius 2 is 2.00 bits per heavy atom. The molecule has 214 valence electrons. The first-order valence-electron chi connectivity index (χ1n) is 13.3. The fourth-order valence-electron chi connectivity index (χ4n) is 4.44. The van der Waals surface area contributed by atoms with Crippen LogP contribution in [0.2, 0.25) is 0 Å². The molecule has 1 aromatic rings. The van der Waals surface area contributed by atoms with Crippen LogP contribution in [0.15, 0.2) is 12.8 Å². The van der Waals surface area contributed by atoms with Crippen LogP contribution in [0.25, 0.3) is 0 Å². The van der Waals surface area contributed by atoms with Gasteiger partial charge in [-0.15, -0.1) is 0 Å². The van der Waals surface area contributed by atoms with E-state index < -0.39 is 30.4 Å². The average molecular weight is 545 g/mol. The number of nitrogen functional groups attached to an aromatic ring is 1. The van der Waals surface area contributed by atoms with Crippen molar-refractivity contribution in [3.63, 3.8) is 0 Å². The van der Waals surface area contributed by atoms with Crippen LogP contribution in [0.1, 0.15) is 51.4 Å². The molecule has 0 bridgehead atoms. The number of likely N-dealkylation sites (tertiary alicyclic amines) is 1. The molecule has 0 radical (unpaired) electrons. The van der Waals surface area contributed by atoms with Crippen molar-refractivity contribution in [1.29, 1.82) is 0 Å². The lowest BCUT2D eigenvalue weighted by atomic mass is 9.94. The van der Waals surface area contributed by atoms with Crippen molar-refractivity contribution in [2.24, 2.45) is 11.8 Å². The van der Waals surface area contributed by atoms with Gasteiger partial charge >= 0.3 is 6.09 Å². The number of aromatic nitrogens is 2. The van der Waals surface area contributed by atoms with Crippen molar-refractivity contribution in [3.8, 4) is 11.8 Å². The minimum atomic E-state index is -1.44. The largest absolute Gasteiger partial charge is 0.449 e. The van der Waals surface area contributed by atoms with E-state index in [1.165, 1.54) is 11.1 Å². The Hall–Kier alpha value is -3.40. The summed E-state index contributed by atoms with van der Waals surface area (Å²) in [7, 11) is 0. The van der Waals surface area contributed by atoms with Gasteiger partial charge in [-0.2, -0.15) is 0 Å². The van der Waals surface area contributed by atoms with E-state index in [2.05, 4.69) is 33.7 Å². The normalized spacial score (nSPS) is 23.2. The summed E-state index contributed by atoms with van der Waals surface area (Å²) in [5.74, 6) is 6.86. The van der Waals surface area contributed by atoms with Crippen LogP contribution in [0.4, 0.5) is 16.4 Å². The SMILES string of the molecule is C=CN(c1nc(C#CCC2CCN(C(=O)OCC(C)C)CC2)nc(N)c1C)C1OC(C(=O)NCC)C(O)C1O. The highest BCUT2D eigenvalue weighted by molar-refractivity contribution is 5.82. The third-order valence-corrected chi connectivity index (χ3v) is 6.72. The number of piperidine rings is 1. The van der Waals surface area contributed by atoms with Gasteiger partial charge in [0, 0.05) is 37.8 Å². The molecule has 2 saturated heterocycles. The zero-order chi connectivity index (χ0) is 28.7. The zero-order valence-corrected chi connectivity index (χ0v) is 23.1. The number of rotatable bonds is 8. The van der Waals surface area contributed by atoms with E-state index in [9.17, 15) is 19.8 Å². The Morgan fingerprint density at radius 1 is 1.31 bits per heavy atom. The summed E-state index contributed by atoms with van der Waals surface area (Å²) >= 11 is 0. The Bertz CT molecular complexity index is 1090. The molecule has 12 nitrogen and oxygen atoms in total. The van der Waals surface area contributed by atoms with Crippen LogP contribution >= 0.6 is 0 Å². The van der Waals surface area contributed by atoms with Crippen LogP contribution in [0, 0.1) is 30.6 Å². The average Bonchev–Trinajstić information content (AvgIpc) is 3.20. The van der Waals surface area contributed by atoms with E-state index in [1.54, 1.807) is 18.7 Å². The van der Waals surface area contributed by atoms with Crippen LogP contribution in [0.5, 0.6) is 0 Å². The molecule has 2 fully saturated rings. The number of amides is 2. The van der Waals surface area contributed by atoms with Crippen molar-refractivity contribution in [1.82, 2.24) is 20.2 Å². The first kappa shape index (κ1) is 30.1. The predicted molar refractivity (Wildman–Crippen MR) is 145 cm³/mol. The van der Waals surface area contributed by atoms with E-state index in [4.69, 9.17) is 15.2 Å². The van der Waals surface area contributed by atoms with Gasteiger partial charge in [-0.3, -0.25) is 4.79 Å². The fraction of sp³-hybridized carbons (Fsp3) is 0.630. The lowest BCUT2D eigenvalue weighted by Gasteiger charge is -2.30. The number of hydrogen-bond donors (Lipinski definition) is 4. The quantitative estimate of drug-likeness (QED) is 0.349. The van der Waals surface area contributed by atoms with E-state index >= 15 is 0 Å². The topological polar surface area (TPSA) is 163 Å². The number of ether oxygens (including phenoxy) is 2. The summed E-state index contributed by atoms with van der Waals surface area (Å²) in [6.07, 6.45) is -1.86. The Morgan fingerprint density at radius 3 is 2.62 bits per heavy atom. The molecule has 4 atom stereocenters. The van der Waals surface area contributed by atoms with Gasteiger partial charge in [0.25, 0.3) is 5.91 Å². The summed E-state index contributed by atoms with van der Waals surface area (Å²) in [5, 5.41) is 23.7. The summed E-state index contributed by atoms with van der Waals surface area (Å²) in [5.41, 5.74) is 6.65. The number of nitrogens with zero attached hydrogens (tertiary/aromatic N) is 4. The van der Waals surface area contributed by atoms with Gasteiger partial charge in [0.05, 0.1) is 6.61 Å². The minimum Gasteiger partial charge on any atom is -0.449 e. The first-order valence-corrected chi connectivity index (χ1v) is 13.3. The first-order chi connectivity index (χ1) is 18.6. The van der Waals surface area contributed by atoms with Gasteiger partial charge in [0.15, 0.2) is 12.3 Å². The maximum Gasteiger partial charge on any atom is 0.409 e. The van der Waals surface area contributed by atoms with Gasteiger partial charge in [-0.25, -0.2) is 14.8 Å². The molecule has 39 heavy (non-hydrogen) atoms. The highest BCUT2D eigenvalue weighted by atomic mass is 16.6. The summed E-state index contributed by atoms with van der Waals surface area (Å²) in [6.45, 7) is 13.3. The molecule has 2 aliphatic heterocycles. The molecule has 3 heterocycles. The third kappa shape index (κ3) is 7.38. The predicted octanol–water partition coefficient (Wildman–Crippen LogP) is 1.15. The third-order valence-electron chi connectivity index (χ3n) is 6.72. The number of nitrogens with two attached hydrogens (primary N) is 1. The van der Waals surface area contributed by atoms with Crippen LogP contribution in [-0.4, -0.2) is 87.9 Å². The number of anilines is 2. The van der Waals surface area contributed by atoms with Crippen LogP contribution < -0.4 is 16.0 Å². The van der Waals surface area contributed by atoms with Gasteiger partial charge in [0.1, 0.15) is 23.8 Å².